The van der Waals surface area contributed by atoms with Crippen LogP contribution in [0.4, 0.5) is 10.5 Å². The summed E-state index contributed by atoms with van der Waals surface area (Å²) < 4.78 is 0. The topological polar surface area (TPSA) is 58.4 Å². The van der Waals surface area contributed by atoms with Gasteiger partial charge in [-0.15, -0.1) is 0 Å². The maximum Gasteiger partial charge on any atom is 0.321 e. The summed E-state index contributed by atoms with van der Waals surface area (Å²) in [5, 5.41) is 2.85. The van der Waals surface area contributed by atoms with E-state index in [0.717, 1.165) is 37.2 Å². The standard InChI is InChI=1S/C12H15N3OS/c13-11(17)9-4-3-5-10(8-9)14-12(16)15-6-1-2-7-15/h3-5,8H,1-2,6-7H2,(H2,13,17)(H,14,16). The summed E-state index contributed by atoms with van der Waals surface area (Å²) in [7, 11) is 0. The van der Waals surface area contributed by atoms with Crippen LogP contribution >= 0.6 is 12.2 Å². The van der Waals surface area contributed by atoms with Crippen LogP contribution in [-0.2, 0) is 0 Å². The maximum absolute atomic E-state index is 11.8. The first-order chi connectivity index (χ1) is 8.16. The largest absolute Gasteiger partial charge is 0.389 e. The highest BCUT2D eigenvalue weighted by Crippen LogP contribution is 2.13. The van der Waals surface area contributed by atoms with Gasteiger partial charge in [0.1, 0.15) is 4.99 Å². The van der Waals surface area contributed by atoms with Gasteiger partial charge in [0.15, 0.2) is 0 Å². The van der Waals surface area contributed by atoms with Gasteiger partial charge in [-0.2, -0.15) is 0 Å². The van der Waals surface area contributed by atoms with Crippen LogP contribution in [0.3, 0.4) is 0 Å². The lowest BCUT2D eigenvalue weighted by molar-refractivity contribution is 0.222. The number of nitrogens with two attached hydrogens (primary N) is 1. The van der Waals surface area contributed by atoms with E-state index in [1.807, 2.05) is 23.1 Å². The van der Waals surface area contributed by atoms with Crippen molar-refractivity contribution in [2.45, 2.75) is 12.8 Å². The molecule has 2 rings (SSSR count). The number of anilines is 1. The molecule has 1 aliphatic heterocycles. The highest BCUT2D eigenvalue weighted by molar-refractivity contribution is 7.80. The third-order valence-electron chi connectivity index (χ3n) is 2.79. The Kier molecular flexibility index (Phi) is 3.58. The quantitative estimate of drug-likeness (QED) is 0.788. The number of urea groups is 1. The van der Waals surface area contributed by atoms with Crippen LogP contribution in [0.1, 0.15) is 18.4 Å². The minimum atomic E-state index is -0.0532. The molecule has 90 valence electrons. The van der Waals surface area contributed by atoms with Gasteiger partial charge in [-0.1, -0.05) is 24.4 Å². The van der Waals surface area contributed by atoms with E-state index in [4.69, 9.17) is 18.0 Å². The molecule has 5 heteroatoms. The smallest absolute Gasteiger partial charge is 0.321 e. The number of likely N-dealkylation sites (tertiary alicyclic amines) is 1. The fraction of sp³-hybridized carbons (Fsp3) is 0.333. The van der Waals surface area contributed by atoms with Crippen LogP contribution in [-0.4, -0.2) is 29.0 Å². The fourth-order valence-electron chi connectivity index (χ4n) is 1.87. The average Bonchev–Trinajstić information content (AvgIpc) is 2.82. The molecule has 0 radical (unpaired) electrons. The van der Waals surface area contributed by atoms with Crippen LogP contribution in [0.5, 0.6) is 0 Å². The summed E-state index contributed by atoms with van der Waals surface area (Å²) in [6, 6.07) is 7.22. The Bertz CT molecular complexity index is 441. The second-order valence-electron chi connectivity index (χ2n) is 4.07. The van der Waals surface area contributed by atoms with Gasteiger partial charge in [0.05, 0.1) is 0 Å². The second-order valence-corrected chi connectivity index (χ2v) is 4.51. The van der Waals surface area contributed by atoms with E-state index in [2.05, 4.69) is 5.32 Å². The zero-order valence-electron chi connectivity index (χ0n) is 9.48. The Morgan fingerprint density at radius 2 is 2.06 bits per heavy atom. The van der Waals surface area contributed by atoms with Gasteiger partial charge in [-0.3, -0.25) is 0 Å². The Balaban J connectivity index is 2.05. The molecule has 1 heterocycles. The highest BCUT2D eigenvalue weighted by Gasteiger charge is 2.17. The Hall–Kier alpha value is -1.62. The molecule has 3 N–H and O–H groups in total. The molecule has 1 aromatic carbocycles. The monoisotopic (exact) mass is 249 g/mol. The number of rotatable bonds is 2. The molecule has 0 unspecified atom stereocenters. The van der Waals surface area contributed by atoms with E-state index in [0.29, 0.717) is 4.99 Å². The normalized spacial score (nSPS) is 14.7. The zero-order valence-corrected chi connectivity index (χ0v) is 10.3. The van der Waals surface area contributed by atoms with Crippen molar-refractivity contribution < 1.29 is 4.79 Å². The molecule has 0 aromatic heterocycles. The summed E-state index contributed by atoms with van der Waals surface area (Å²) in [6.07, 6.45) is 2.17. The summed E-state index contributed by atoms with van der Waals surface area (Å²) in [5.74, 6) is 0. The van der Waals surface area contributed by atoms with Crippen molar-refractivity contribution >= 4 is 28.9 Å². The summed E-state index contributed by atoms with van der Waals surface area (Å²) >= 11 is 4.90. The molecule has 1 aromatic rings. The Morgan fingerprint density at radius 3 is 2.71 bits per heavy atom. The molecule has 4 nitrogen and oxygen atoms in total. The SMILES string of the molecule is NC(=S)c1cccc(NC(=O)N2CCCC2)c1. The zero-order chi connectivity index (χ0) is 12.3. The molecule has 0 atom stereocenters. The number of nitrogens with one attached hydrogen (secondary N) is 1. The first-order valence-electron chi connectivity index (χ1n) is 5.62. The van der Waals surface area contributed by atoms with E-state index < -0.39 is 0 Å². The van der Waals surface area contributed by atoms with Gasteiger partial charge in [-0.05, 0) is 25.0 Å². The van der Waals surface area contributed by atoms with E-state index in [1.165, 1.54) is 0 Å². The van der Waals surface area contributed by atoms with Gasteiger partial charge < -0.3 is 16.0 Å². The van der Waals surface area contributed by atoms with E-state index in [9.17, 15) is 4.79 Å². The molecule has 17 heavy (non-hydrogen) atoms. The van der Waals surface area contributed by atoms with Crippen molar-refractivity contribution in [2.24, 2.45) is 5.73 Å². The van der Waals surface area contributed by atoms with Crippen LogP contribution in [0, 0.1) is 0 Å². The Labute approximate surface area is 106 Å². The number of amides is 2. The molecule has 2 amide bonds. The third kappa shape index (κ3) is 2.94. The molecule has 1 saturated heterocycles. The lowest BCUT2D eigenvalue weighted by atomic mass is 10.2. The molecule has 0 aliphatic carbocycles. The van der Waals surface area contributed by atoms with E-state index in [1.54, 1.807) is 6.07 Å². The number of carbonyl (C=O) groups excluding carboxylic acids is 1. The summed E-state index contributed by atoms with van der Waals surface area (Å²) in [5.41, 5.74) is 7.04. The van der Waals surface area contributed by atoms with Crippen molar-refractivity contribution in [3.05, 3.63) is 29.8 Å². The third-order valence-corrected chi connectivity index (χ3v) is 3.03. The van der Waals surface area contributed by atoms with E-state index in [-0.39, 0.29) is 6.03 Å². The molecule has 0 saturated carbocycles. The van der Waals surface area contributed by atoms with Crippen molar-refractivity contribution in [1.82, 2.24) is 4.90 Å². The van der Waals surface area contributed by atoms with Gasteiger partial charge in [0, 0.05) is 24.3 Å². The van der Waals surface area contributed by atoms with Gasteiger partial charge in [-0.25, -0.2) is 4.79 Å². The molecular formula is C12H15N3OS. The second kappa shape index (κ2) is 5.14. The minimum absolute atomic E-state index is 0.0532. The lowest BCUT2D eigenvalue weighted by Crippen LogP contribution is -2.32. The summed E-state index contributed by atoms with van der Waals surface area (Å²) in [6.45, 7) is 1.67. The van der Waals surface area contributed by atoms with Crippen molar-refractivity contribution in [3.8, 4) is 0 Å². The molecule has 0 spiro atoms. The van der Waals surface area contributed by atoms with E-state index >= 15 is 0 Å². The lowest BCUT2D eigenvalue weighted by Gasteiger charge is -2.16. The number of carbonyl (C=O) groups is 1. The predicted octanol–water partition coefficient (Wildman–Crippen LogP) is 1.95. The van der Waals surface area contributed by atoms with Gasteiger partial charge >= 0.3 is 6.03 Å². The van der Waals surface area contributed by atoms with Crippen LogP contribution < -0.4 is 11.1 Å². The van der Waals surface area contributed by atoms with Crippen molar-refractivity contribution in [1.29, 1.82) is 0 Å². The highest BCUT2D eigenvalue weighted by atomic mass is 32.1. The molecule has 1 aliphatic rings. The first-order valence-corrected chi connectivity index (χ1v) is 6.03. The summed E-state index contributed by atoms with van der Waals surface area (Å²) in [4.78, 5) is 14.0. The molecule has 1 fully saturated rings. The number of thiocarbonyl (C=S) groups is 1. The maximum atomic E-state index is 11.8. The van der Waals surface area contributed by atoms with Crippen molar-refractivity contribution in [2.75, 3.05) is 18.4 Å². The number of benzene rings is 1. The van der Waals surface area contributed by atoms with Crippen LogP contribution in [0.25, 0.3) is 0 Å². The average molecular weight is 249 g/mol. The molecule has 0 bridgehead atoms. The number of nitrogens with zero attached hydrogens (tertiary/aromatic N) is 1. The van der Waals surface area contributed by atoms with Crippen LogP contribution in [0.15, 0.2) is 24.3 Å². The van der Waals surface area contributed by atoms with Gasteiger partial charge in [0.25, 0.3) is 0 Å². The predicted molar refractivity (Wildman–Crippen MR) is 72.2 cm³/mol. The number of hydrogen-bond acceptors (Lipinski definition) is 2. The number of hydrogen-bond donors (Lipinski definition) is 2. The van der Waals surface area contributed by atoms with Crippen LogP contribution in [0.2, 0.25) is 0 Å². The van der Waals surface area contributed by atoms with Gasteiger partial charge in [0.2, 0.25) is 0 Å². The Morgan fingerprint density at radius 1 is 1.35 bits per heavy atom. The first kappa shape index (κ1) is 11.9. The minimum Gasteiger partial charge on any atom is -0.389 e. The fourth-order valence-corrected chi connectivity index (χ4v) is 2.00. The van der Waals surface area contributed by atoms with Crippen molar-refractivity contribution in [3.63, 3.8) is 0 Å². The molecular weight excluding hydrogens is 234 g/mol.